The Morgan fingerprint density at radius 1 is 1.05 bits per heavy atom. The van der Waals surface area contributed by atoms with Crippen LogP contribution in [0.3, 0.4) is 0 Å². The second-order valence-corrected chi connectivity index (χ2v) is 7.77. The van der Waals surface area contributed by atoms with Crippen molar-refractivity contribution in [3.8, 4) is 0 Å². The molecule has 0 spiro atoms. The molecule has 0 unspecified atom stereocenters. The Morgan fingerprint density at radius 3 is 2.90 bits per heavy atom. The molecule has 6 rings (SSSR count). The summed E-state index contributed by atoms with van der Waals surface area (Å²) in [6, 6.07) is 11.0. The van der Waals surface area contributed by atoms with Gasteiger partial charge in [-0.3, -0.25) is 4.90 Å². The van der Waals surface area contributed by atoms with Crippen LogP contribution in [0.1, 0.15) is 62.6 Å². The minimum atomic E-state index is 0.437. The summed E-state index contributed by atoms with van der Waals surface area (Å²) in [5.41, 5.74) is 3.85. The average Bonchev–Trinajstić information content (AvgIpc) is 2.99. The van der Waals surface area contributed by atoms with Crippen molar-refractivity contribution in [3.63, 3.8) is 0 Å². The summed E-state index contributed by atoms with van der Waals surface area (Å²) < 4.78 is 0. The monoisotopic (exact) mass is 267 g/mol. The van der Waals surface area contributed by atoms with Crippen molar-refractivity contribution in [2.24, 2.45) is 11.8 Å². The van der Waals surface area contributed by atoms with Crippen LogP contribution in [0.2, 0.25) is 0 Å². The Labute approximate surface area is 122 Å². The zero-order chi connectivity index (χ0) is 13.3. The van der Waals surface area contributed by atoms with E-state index in [-0.39, 0.29) is 0 Å². The number of hydrogen-bond acceptors (Lipinski definition) is 1. The molecule has 20 heavy (non-hydrogen) atoms. The molecule has 1 saturated carbocycles. The molecule has 0 amide bonds. The first-order valence-electron chi connectivity index (χ1n) is 8.67. The molecule has 2 aliphatic carbocycles. The average molecular weight is 267 g/mol. The summed E-state index contributed by atoms with van der Waals surface area (Å²) >= 11 is 0. The summed E-state index contributed by atoms with van der Waals surface area (Å²) in [7, 11) is 0. The third-order valence-corrected chi connectivity index (χ3v) is 7.20. The van der Waals surface area contributed by atoms with E-state index in [1.165, 1.54) is 45.1 Å². The Hall–Kier alpha value is -0.820. The molecule has 106 valence electrons. The molecule has 5 atom stereocenters. The minimum absolute atomic E-state index is 0.437. The Morgan fingerprint density at radius 2 is 1.95 bits per heavy atom. The Kier molecular flexibility index (Phi) is 2.29. The maximum Gasteiger partial charge on any atom is 0.0385 e. The van der Waals surface area contributed by atoms with Gasteiger partial charge in [0.2, 0.25) is 0 Å². The fraction of sp³-hybridized carbons (Fsp3) is 0.684. The molecule has 0 aromatic heterocycles. The van der Waals surface area contributed by atoms with Gasteiger partial charge in [-0.1, -0.05) is 44.0 Å². The van der Waals surface area contributed by atoms with E-state index in [4.69, 9.17) is 0 Å². The number of benzene rings is 1. The molecular weight excluding hydrogens is 242 g/mol. The fourth-order valence-corrected chi connectivity index (χ4v) is 6.57. The van der Waals surface area contributed by atoms with E-state index in [1.54, 1.807) is 11.1 Å². The summed E-state index contributed by atoms with van der Waals surface area (Å²) in [6.45, 7) is 3.97. The molecule has 3 fully saturated rings. The molecule has 5 aliphatic rings. The van der Waals surface area contributed by atoms with Crippen LogP contribution in [0, 0.1) is 11.8 Å². The quantitative estimate of drug-likeness (QED) is 0.678. The largest absolute Gasteiger partial charge is 0.292 e. The van der Waals surface area contributed by atoms with Crippen molar-refractivity contribution in [1.29, 1.82) is 0 Å². The van der Waals surface area contributed by atoms with Crippen LogP contribution in [0.4, 0.5) is 0 Å². The van der Waals surface area contributed by atoms with Gasteiger partial charge in [-0.25, -0.2) is 0 Å². The van der Waals surface area contributed by atoms with Crippen molar-refractivity contribution < 1.29 is 0 Å². The zero-order valence-electron chi connectivity index (χ0n) is 12.5. The molecule has 3 heterocycles. The Bertz CT molecular complexity index is 550. The molecule has 1 aromatic carbocycles. The van der Waals surface area contributed by atoms with E-state index in [0.29, 0.717) is 5.41 Å². The van der Waals surface area contributed by atoms with Crippen molar-refractivity contribution in [1.82, 2.24) is 4.90 Å². The van der Waals surface area contributed by atoms with Crippen LogP contribution in [0.15, 0.2) is 24.3 Å². The lowest BCUT2D eigenvalue weighted by Gasteiger charge is -2.65. The standard InChI is InChI=1S/C19H25N/c1-19-15-9-3-2-7-13(15)18(14-8-6-10-16(14)19)20-12-5-4-11-17(19)20/h2-3,7,9,14,16-18H,4-6,8,10-12H2,1H3/t14-,16+,17+,18+,19+/m0/s1. The van der Waals surface area contributed by atoms with Gasteiger partial charge in [0.15, 0.2) is 0 Å². The predicted octanol–water partition coefficient (Wildman–Crippen LogP) is 4.28. The predicted molar refractivity (Wildman–Crippen MR) is 81.7 cm³/mol. The second-order valence-electron chi connectivity index (χ2n) is 7.77. The Balaban J connectivity index is 1.77. The number of hydrogen-bond donors (Lipinski definition) is 0. The van der Waals surface area contributed by atoms with E-state index in [0.717, 1.165) is 23.9 Å². The van der Waals surface area contributed by atoms with Gasteiger partial charge in [-0.2, -0.15) is 0 Å². The van der Waals surface area contributed by atoms with Crippen LogP contribution >= 0.6 is 0 Å². The van der Waals surface area contributed by atoms with E-state index in [1.807, 2.05) is 0 Å². The first kappa shape index (κ1) is 11.8. The van der Waals surface area contributed by atoms with Crippen LogP contribution in [-0.4, -0.2) is 17.5 Å². The molecule has 1 aromatic rings. The summed E-state index contributed by atoms with van der Waals surface area (Å²) in [5.74, 6) is 1.91. The number of rotatable bonds is 0. The maximum atomic E-state index is 2.93. The van der Waals surface area contributed by atoms with E-state index in [9.17, 15) is 0 Å². The molecule has 1 nitrogen and oxygen atoms in total. The normalized spacial score (nSPS) is 45.9. The third kappa shape index (κ3) is 1.20. The van der Waals surface area contributed by atoms with Gasteiger partial charge in [0.05, 0.1) is 0 Å². The minimum Gasteiger partial charge on any atom is -0.292 e. The SMILES string of the molecule is C[C@@]12c3ccccc3[C@H]([C@H]3CCC[C@H]31)N1CCCC[C@@H]12. The van der Waals surface area contributed by atoms with Crippen molar-refractivity contribution in [2.45, 2.75) is 62.9 Å². The smallest absolute Gasteiger partial charge is 0.0385 e. The van der Waals surface area contributed by atoms with E-state index < -0.39 is 0 Å². The molecule has 2 saturated heterocycles. The van der Waals surface area contributed by atoms with Gasteiger partial charge >= 0.3 is 0 Å². The van der Waals surface area contributed by atoms with E-state index in [2.05, 4.69) is 36.1 Å². The molecule has 1 heteroatoms. The van der Waals surface area contributed by atoms with Gasteiger partial charge in [-0.05, 0) is 55.2 Å². The summed E-state index contributed by atoms with van der Waals surface area (Å²) in [6.07, 6.45) is 8.73. The maximum absolute atomic E-state index is 2.93. The highest BCUT2D eigenvalue weighted by molar-refractivity contribution is 5.46. The highest BCUT2D eigenvalue weighted by atomic mass is 15.2. The third-order valence-electron chi connectivity index (χ3n) is 7.20. The number of piperidine rings is 2. The molecule has 0 N–H and O–H groups in total. The first-order valence-corrected chi connectivity index (χ1v) is 8.67. The highest BCUT2D eigenvalue weighted by Crippen LogP contribution is 2.65. The molecule has 3 aliphatic heterocycles. The fourth-order valence-electron chi connectivity index (χ4n) is 6.57. The van der Waals surface area contributed by atoms with Crippen LogP contribution < -0.4 is 0 Å². The van der Waals surface area contributed by atoms with Gasteiger partial charge in [0.25, 0.3) is 0 Å². The van der Waals surface area contributed by atoms with Gasteiger partial charge in [0, 0.05) is 17.5 Å². The van der Waals surface area contributed by atoms with Gasteiger partial charge in [0.1, 0.15) is 0 Å². The molecule has 2 bridgehead atoms. The lowest BCUT2D eigenvalue weighted by Crippen LogP contribution is -2.66. The first-order chi connectivity index (χ1) is 9.82. The van der Waals surface area contributed by atoms with Crippen LogP contribution in [0.5, 0.6) is 0 Å². The second kappa shape index (κ2) is 3.88. The van der Waals surface area contributed by atoms with Gasteiger partial charge in [-0.15, -0.1) is 0 Å². The van der Waals surface area contributed by atoms with Crippen molar-refractivity contribution >= 4 is 0 Å². The molecule has 0 radical (unpaired) electrons. The van der Waals surface area contributed by atoms with Crippen LogP contribution in [-0.2, 0) is 5.41 Å². The van der Waals surface area contributed by atoms with Crippen LogP contribution in [0.25, 0.3) is 0 Å². The van der Waals surface area contributed by atoms with Gasteiger partial charge < -0.3 is 0 Å². The topological polar surface area (TPSA) is 3.24 Å². The summed E-state index contributed by atoms with van der Waals surface area (Å²) in [4.78, 5) is 2.93. The lowest BCUT2D eigenvalue weighted by molar-refractivity contribution is -0.0858. The number of nitrogens with zero attached hydrogens (tertiary/aromatic N) is 1. The van der Waals surface area contributed by atoms with E-state index >= 15 is 0 Å². The zero-order valence-corrected chi connectivity index (χ0v) is 12.5. The van der Waals surface area contributed by atoms with Crippen molar-refractivity contribution in [2.75, 3.05) is 6.54 Å². The lowest BCUT2D eigenvalue weighted by atomic mass is 9.51. The van der Waals surface area contributed by atoms with Crippen molar-refractivity contribution in [3.05, 3.63) is 35.4 Å². The molecular formula is C19H25N. The highest BCUT2D eigenvalue weighted by Gasteiger charge is 2.62. The summed E-state index contributed by atoms with van der Waals surface area (Å²) in [5, 5.41) is 0.